The molecule has 6 heteroatoms. The highest BCUT2D eigenvalue weighted by Gasteiger charge is 2.23. The molecule has 5 nitrogen and oxygen atoms in total. The lowest BCUT2D eigenvalue weighted by Gasteiger charge is -2.37. The Morgan fingerprint density at radius 3 is 2.55 bits per heavy atom. The van der Waals surface area contributed by atoms with Gasteiger partial charge in [-0.25, -0.2) is 4.98 Å². The topological polar surface area (TPSA) is 57.3 Å². The van der Waals surface area contributed by atoms with Crippen LogP contribution in [0.4, 0.5) is 11.5 Å². The third-order valence-corrected chi connectivity index (χ3v) is 6.05. The zero-order chi connectivity index (χ0) is 20.6. The fourth-order valence-corrected chi connectivity index (χ4v) is 4.16. The number of anilines is 2. The van der Waals surface area contributed by atoms with Crippen LogP contribution in [0.2, 0.25) is 5.02 Å². The number of carbonyl (C=O) groups excluding carboxylic acids is 1. The first kappa shape index (κ1) is 21.6. The molecule has 0 bridgehead atoms. The summed E-state index contributed by atoms with van der Waals surface area (Å²) in [6, 6.07) is 11.8. The van der Waals surface area contributed by atoms with E-state index in [4.69, 9.17) is 11.6 Å². The SMILES string of the molecule is CCC(CC)N1CCC(CNc2ccccc2C(=O)Nc2ccc(Cl)cn2)CC1. The Kier molecular flexibility index (Phi) is 7.90. The van der Waals surface area contributed by atoms with Crippen molar-refractivity contribution in [3.05, 3.63) is 53.2 Å². The van der Waals surface area contributed by atoms with E-state index in [1.54, 1.807) is 12.1 Å². The van der Waals surface area contributed by atoms with Crippen molar-refractivity contribution in [2.75, 3.05) is 30.3 Å². The summed E-state index contributed by atoms with van der Waals surface area (Å²) in [7, 11) is 0. The highest BCUT2D eigenvalue weighted by Crippen LogP contribution is 2.23. The monoisotopic (exact) mass is 414 g/mol. The van der Waals surface area contributed by atoms with E-state index in [9.17, 15) is 4.79 Å². The standard InChI is InChI=1S/C23H31ClN4O/c1-3-19(4-2)28-13-11-17(12-14-28)15-25-21-8-6-5-7-20(21)23(29)27-22-10-9-18(24)16-26-22/h5-10,16-17,19,25H,3-4,11-15H2,1-2H3,(H,26,27,29). The van der Waals surface area contributed by atoms with Gasteiger partial charge in [-0.2, -0.15) is 0 Å². The van der Waals surface area contributed by atoms with Crippen molar-refractivity contribution < 1.29 is 4.79 Å². The Morgan fingerprint density at radius 1 is 1.17 bits per heavy atom. The highest BCUT2D eigenvalue weighted by atomic mass is 35.5. The molecule has 1 aromatic carbocycles. The Morgan fingerprint density at radius 2 is 1.90 bits per heavy atom. The number of nitrogens with one attached hydrogen (secondary N) is 2. The number of benzene rings is 1. The molecule has 0 saturated carbocycles. The van der Waals surface area contributed by atoms with Crippen LogP contribution < -0.4 is 10.6 Å². The molecule has 0 aliphatic carbocycles. The van der Waals surface area contributed by atoms with Crippen molar-refractivity contribution in [3.8, 4) is 0 Å². The number of aromatic nitrogens is 1. The minimum absolute atomic E-state index is 0.175. The number of carbonyl (C=O) groups is 1. The molecule has 1 aliphatic rings. The van der Waals surface area contributed by atoms with Crippen LogP contribution in [-0.2, 0) is 0 Å². The van der Waals surface area contributed by atoms with E-state index < -0.39 is 0 Å². The lowest BCUT2D eigenvalue weighted by Crippen LogP contribution is -2.42. The molecule has 1 saturated heterocycles. The number of piperidine rings is 1. The number of amides is 1. The zero-order valence-electron chi connectivity index (χ0n) is 17.3. The molecule has 1 amide bonds. The van der Waals surface area contributed by atoms with Gasteiger partial charge in [0.15, 0.2) is 0 Å². The summed E-state index contributed by atoms with van der Waals surface area (Å²) in [5.74, 6) is 0.948. The summed E-state index contributed by atoms with van der Waals surface area (Å²) in [6.07, 6.45) is 6.38. The molecule has 1 fully saturated rings. The van der Waals surface area contributed by atoms with Gasteiger partial charge in [-0.15, -0.1) is 0 Å². The quantitative estimate of drug-likeness (QED) is 0.615. The molecule has 0 unspecified atom stereocenters. The number of rotatable bonds is 8. The molecule has 2 aromatic rings. The summed E-state index contributed by atoms with van der Waals surface area (Å²) in [5.41, 5.74) is 1.49. The molecule has 0 atom stereocenters. The first-order valence-electron chi connectivity index (χ1n) is 10.6. The van der Waals surface area contributed by atoms with E-state index in [2.05, 4.69) is 34.4 Å². The molecule has 0 radical (unpaired) electrons. The average Bonchev–Trinajstić information content (AvgIpc) is 2.76. The van der Waals surface area contributed by atoms with Crippen LogP contribution in [0.15, 0.2) is 42.6 Å². The van der Waals surface area contributed by atoms with Crippen molar-refractivity contribution in [2.24, 2.45) is 5.92 Å². The number of nitrogens with zero attached hydrogens (tertiary/aromatic N) is 2. The van der Waals surface area contributed by atoms with Crippen LogP contribution in [0, 0.1) is 5.92 Å². The van der Waals surface area contributed by atoms with Crippen LogP contribution in [0.25, 0.3) is 0 Å². The first-order valence-corrected chi connectivity index (χ1v) is 11.0. The highest BCUT2D eigenvalue weighted by molar-refractivity contribution is 6.30. The number of likely N-dealkylation sites (tertiary alicyclic amines) is 1. The lowest BCUT2D eigenvalue weighted by molar-refractivity contribution is 0.102. The predicted molar refractivity (Wildman–Crippen MR) is 121 cm³/mol. The smallest absolute Gasteiger partial charge is 0.258 e. The van der Waals surface area contributed by atoms with E-state index in [0.29, 0.717) is 22.3 Å². The minimum atomic E-state index is -0.175. The lowest BCUT2D eigenvalue weighted by atomic mass is 9.94. The van der Waals surface area contributed by atoms with Crippen LogP contribution in [-0.4, -0.2) is 41.5 Å². The van der Waals surface area contributed by atoms with E-state index in [1.807, 2.05) is 24.3 Å². The third kappa shape index (κ3) is 5.94. The summed E-state index contributed by atoms with van der Waals surface area (Å²) in [6.45, 7) is 7.79. The van der Waals surface area contributed by atoms with Crippen LogP contribution in [0.5, 0.6) is 0 Å². The largest absolute Gasteiger partial charge is 0.384 e. The van der Waals surface area contributed by atoms with Gasteiger partial charge in [0.1, 0.15) is 5.82 Å². The Hall–Kier alpha value is -2.11. The van der Waals surface area contributed by atoms with Crippen molar-refractivity contribution >= 4 is 29.0 Å². The summed E-state index contributed by atoms with van der Waals surface area (Å²) < 4.78 is 0. The van der Waals surface area contributed by atoms with E-state index in [-0.39, 0.29) is 5.91 Å². The van der Waals surface area contributed by atoms with E-state index >= 15 is 0 Å². The molecule has 29 heavy (non-hydrogen) atoms. The van der Waals surface area contributed by atoms with Gasteiger partial charge in [0.05, 0.1) is 10.6 Å². The number of hydrogen-bond acceptors (Lipinski definition) is 4. The third-order valence-electron chi connectivity index (χ3n) is 5.83. The summed E-state index contributed by atoms with van der Waals surface area (Å²) in [4.78, 5) is 19.5. The van der Waals surface area contributed by atoms with Gasteiger partial charge in [0.25, 0.3) is 5.91 Å². The molecule has 1 aromatic heterocycles. The predicted octanol–water partition coefficient (Wildman–Crippen LogP) is 5.30. The fraction of sp³-hybridized carbons (Fsp3) is 0.478. The first-order chi connectivity index (χ1) is 14.1. The summed E-state index contributed by atoms with van der Waals surface area (Å²) in [5, 5.41) is 6.89. The maximum absolute atomic E-state index is 12.7. The Labute approximate surface area is 178 Å². The van der Waals surface area contributed by atoms with Crippen molar-refractivity contribution in [1.82, 2.24) is 9.88 Å². The molecular weight excluding hydrogens is 384 g/mol. The van der Waals surface area contributed by atoms with Crippen LogP contribution >= 0.6 is 11.6 Å². The van der Waals surface area contributed by atoms with Gasteiger partial charge in [-0.1, -0.05) is 37.6 Å². The second-order valence-electron chi connectivity index (χ2n) is 7.69. The number of para-hydroxylation sites is 1. The second kappa shape index (κ2) is 10.6. The van der Waals surface area contributed by atoms with Gasteiger partial charge < -0.3 is 15.5 Å². The zero-order valence-corrected chi connectivity index (χ0v) is 18.1. The van der Waals surface area contributed by atoms with E-state index in [0.717, 1.165) is 18.3 Å². The normalized spacial score (nSPS) is 15.4. The Bertz CT molecular complexity index is 784. The molecule has 2 N–H and O–H groups in total. The summed E-state index contributed by atoms with van der Waals surface area (Å²) >= 11 is 5.86. The molecular formula is C23H31ClN4O. The van der Waals surface area contributed by atoms with Crippen molar-refractivity contribution in [1.29, 1.82) is 0 Å². The number of halogens is 1. The molecule has 156 valence electrons. The molecule has 0 spiro atoms. The number of pyridine rings is 1. The molecule has 2 heterocycles. The minimum Gasteiger partial charge on any atom is -0.384 e. The van der Waals surface area contributed by atoms with Gasteiger partial charge in [0.2, 0.25) is 0 Å². The number of hydrogen-bond donors (Lipinski definition) is 2. The maximum atomic E-state index is 12.7. The van der Waals surface area contributed by atoms with Gasteiger partial charge in [-0.05, 0) is 69.0 Å². The maximum Gasteiger partial charge on any atom is 0.258 e. The van der Waals surface area contributed by atoms with Crippen molar-refractivity contribution in [2.45, 2.75) is 45.6 Å². The second-order valence-corrected chi connectivity index (χ2v) is 8.13. The van der Waals surface area contributed by atoms with Crippen LogP contribution in [0.1, 0.15) is 49.9 Å². The van der Waals surface area contributed by atoms with E-state index in [1.165, 1.54) is 45.0 Å². The van der Waals surface area contributed by atoms with Crippen molar-refractivity contribution in [3.63, 3.8) is 0 Å². The average molecular weight is 415 g/mol. The van der Waals surface area contributed by atoms with Gasteiger partial charge in [0, 0.05) is 24.5 Å². The van der Waals surface area contributed by atoms with Gasteiger partial charge >= 0.3 is 0 Å². The van der Waals surface area contributed by atoms with Gasteiger partial charge in [-0.3, -0.25) is 4.79 Å². The molecule has 1 aliphatic heterocycles. The Balaban J connectivity index is 1.56. The molecule has 3 rings (SSSR count). The fourth-order valence-electron chi connectivity index (χ4n) is 4.05. The van der Waals surface area contributed by atoms with Crippen LogP contribution in [0.3, 0.4) is 0 Å².